The molecule has 0 aliphatic rings. The van der Waals surface area contributed by atoms with Crippen LogP contribution in [-0.2, 0) is 6.54 Å². The van der Waals surface area contributed by atoms with Gasteiger partial charge in [-0.2, -0.15) is 57.1 Å². The fourth-order valence-electron chi connectivity index (χ4n) is 5.14. The van der Waals surface area contributed by atoms with Crippen LogP contribution in [-0.4, -0.2) is 35.8 Å². The van der Waals surface area contributed by atoms with Crippen molar-refractivity contribution in [3.8, 4) is 0 Å². The quantitative estimate of drug-likeness (QED) is 0.0732. The van der Waals surface area contributed by atoms with E-state index in [-0.39, 0.29) is 0 Å². The van der Waals surface area contributed by atoms with Gasteiger partial charge in [0, 0.05) is 12.1 Å². The monoisotopic (exact) mass is 710 g/mol. The summed E-state index contributed by atoms with van der Waals surface area (Å²) in [6, 6.07) is 10.7. The molecule has 2 aromatic rings. The molecule has 1 nitrogen and oxygen atoms in total. The summed E-state index contributed by atoms with van der Waals surface area (Å²) in [5.41, 5.74) is 2.61. The predicted octanol–water partition coefficient (Wildman–Crippen LogP) is 12.3. The molecule has 0 aliphatic heterocycles. The van der Waals surface area contributed by atoms with Crippen LogP contribution in [0, 0.1) is 0 Å². The first-order valence-electron chi connectivity index (χ1n) is 15.9. The van der Waals surface area contributed by atoms with Gasteiger partial charge in [-0.15, -0.1) is 0 Å². The lowest BCUT2D eigenvalue weighted by Gasteiger charge is -2.39. The molecule has 0 N–H and O–H groups in total. The Kier molecular flexibility index (Phi) is 14.4. The summed E-state index contributed by atoms with van der Waals surface area (Å²) in [5.74, 6) is -36.3. The molecule has 0 fully saturated rings. The number of hydrogen-bond donors (Lipinski definition) is 0. The molecular weight excluding hydrogens is 669 g/mol. The number of halogens is 13. The number of nitrogens with zero attached hydrogens (tertiary/aromatic N) is 1. The molecule has 0 saturated carbocycles. The van der Waals surface area contributed by atoms with Crippen LogP contribution < -0.4 is 4.57 Å². The number of rotatable bonds is 20. The number of pyridine rings is 1. The minimum absolute atomic E-state index is 0.456. The van der Waals surface area contributed by atoms with Gasteiger partial charge in [-0.1, -0.05) is 102 Å². The van der Waals surface area contributed by atoms with Crippen molar-refractivity contribution in [1.82, 2.24) is 0 Å². The van der Waals surface area contributed by atoms with Gasteiger partial charge in [-0.3, -0.25) is 0 Å². The summed E-state index contributed by atoms with van der Waals surface area (Å²) >= 11 is 0. The summed E-state index contributed by atoms with van der Waals surface area (Å²) in [7, 11) is 0. The molecule has 1 heterocycles. The standard InChI is InChI=1S/C34H41F13N/c1-3-5-7-9-11-27(12-10-8-6-4-2)28-17-15-25(16-18-28)13-14-26-19-22-48(23-20-26)24-21-29(35,36)30(37,38)31(39,40)32(41,42)33(43,44)34(45,46)47/h13-20,22-23,27H,3-12,21,24H2,1-2H3/q+1/b14-13+. The first-order chi connectivity index (χ1) is 22.2. The highest BCUT2D eigenvalue weighted by atomic mass is 19.4. The van der Waals surface area contributed by atoms with E-state index in [0.717, 1.165) is 61.0 Å². The van der Waals surface area contributed by atoms with Crippen LogP contribution in [0.25, 0.3) is 12.2 Å². The first-order valence-corrected chi connectivity index (χ1v) is 15.9. The maximum Gasteiger partial charge on any atom is 0.460 e. The highest BCUT2D eigenvalue weighted by Crippen LogP contribution is 2.60. The molecule has 0 atom stereocenters. The molecule has 0 amide bonds. The Morgan fingerprint density at radius 3 is 1.42 bits per heavy atom. The molecular formula is C34H41F13N+. The van der Waals surface area contributed by atoms with Crippen LogP contribution in [0.1, 0.15) is 107 Å². The molecule has 48 heavy (non-hydrogen) atoms. The van der Waals surface area contributed by atoms with Gasteiger partial charge in [-0.05, 0) is 35.4 Å². The molecule has 272 valence electrons. The Hall–Kier alpha value is -2.80. The SMILES string of the molecule is CCCCCCC(CCCCCC)c1ccc(/C=C/c2cc[n+](CCC(F)(F)C(F)(F)C(F)(F)C(F)(F)C(F)(F)C(F)(F)F)cc2)cc1. The van der Waals surface area contributed by atoms with E-state index in [4.69, 9.17) is 0 Å². The van der Waals surface area contributed by atoms with Gasteiger partial charge < -0.3 is 0 Å². The van der Waals surface area contributed by atoms with Crippen LogP contribution in [0.3, 0.4) is 0 Å². The van der Waals surface area contributed by atoms with Gasteiger partial charge in [0.2, 0.25) is 0 Å². The van der Waals surface area contributed by atoms with Crippen molar-refractivity contribution in [1.29, 1.82) is 0 Å². The van der Waals surface area contributed by atoms with E-state index >= 15 is 0 Å². The average Bonchev–Trinajstić information content (AvgIpc) is 3.02. The van der Waals surface area contributed by atoms with Crippen molar-refractivity contribution in [2.45, 2.75) is 133 Å². The molecule has 1 aromatic heterocycles. The molecule has 0 unspecified atom stereocenters. The number of benzene rings is 1. The number of unbranched alkanes of at least 4 members (excludes halogenated alkanes) is 6. The molecule has 0 spiro atoms. The summed E-state index contributed by atoms with van der Waals surface area (Å²) < 4.78 is 174. The van der Waals surface area contributed by atoms with E-state index in [2.05, 4.69) is 26.0 Å². The fourth-order valence-corrected chi connectivity index (χ4v) is 5.14. The minimum atomic E-state index is -7.89. The lowest BCUT2D eigenvalue weighted by atomic mass is 9.88. The van der Waals surface area contributed by atoms with E-state index in [1.807, 2.05) is 12.1 Å². The Morgan fingerprint density at radius 2 is 0.979 bits per heavy atom. The second-order valence-corrected chi connectivity index (χ2v) is 12.0. The summed E-state index contributed by atoms with van der Waals surface area (Å²) in [6.07, 6.45) is 7.51. The van der Waals surface area contributed by atoms with Crippen LogP contribution in [0.15, 0.2) is 48.8 Å². The molecule has 1 aromatic carbocycles. The van der Waals surface area contributed by atoms with Crippen molar-refractivity contribution in [2.75, 3.05) is 0 Å². The second-order valence-electron chi connectivity index (χ2n) is 12.0. The summed E-state index contributed by atoms with van der Waals surface area (Å²) in [4.78, 5) is 0. The fraction of sp³-hybridized carbons (Fsp3) is 0.618. The molecule has 2 rings (SSSR count). The molecule has 0 radical (unpaired) electrons. The summed E-state index contributed by atoms with van der Waals surface area (Å²) in [6.45, 7) is 3.14. The van der Waals surface area contributed by atoms with Crippen LogP contribution in [0.4, 0.5) is 57.1 Å². The number of hydrogen-bond acceptors (Lipinski definition) is 0. The van der Waals surface area contributed by atoms with Crippen LogP contribution in [0.5, 0.6) is 0 Å². The van der Waals surface area contributed by atoms with Gasteiger partial charge in [0.15, 0.2) is 18.9 Å². The van der Waals surface area contributed by atoms with Gasteiger partial charge in [0.25, 0.3) is 0 Å². The lowest BCUT2D eigenvalue weighted by Crippen LogP contribution is -2.70. The Labute approximate surface area is 272 Å². The maximum absolute atomic E-state index is 14.1. The molecule has 0 saturated heterocycles. The Balaban J connectivity index is 2.08. The highest BCUT2D eigenvalue weighted by molar-refractivity contribution is 5.69. The largest absolute Gasteiger partial charge is 0.460 e. The van der Waals surface area contributed by atoms with Crippen molar-refractivity contribution in [3.05, 3.63) is 65.5 Å². The van der Waals surface area contributed by atoms with E-state index < -0.39 is 48.8 Å². The van der Waals surface area contributed by atoms with Crippen molar-refractivity contribution in [3.63, 3.8) is 0 Å². The zero-order chi connectivity index (χ0) is 36.4. The summed E-state index contributed by atoms with van der Waals surface area (Å²) in [5, 5.41) is 0. The van der Waals surface area contributed by atoms with Crippen molar-refractivity contribution < 1.29 is 61.6 Å². The Morgan fingerprint density at radius 1 is 0.542 bits per heavy atom. The van der Waals surface area contributed by atoms with E-state index in [1.54, 1.807) is 12.2 Å². The number of alkyl halides is 13. The van der Waals surface area contributed by atoms with Crippen molar-refractivity contribution >= 4 is 12.2 Å². The molecule has 0 aliphatic carbocycles. The van der Waals surface area contributed by atoms with Crippen LogP contribution in [0.2, 0.25) is 0 Å². The topological polar surface area (TPSA) is 3.88 Å². The number of aromatic nitrogens is 1. The van der Waals surface area contributed by atoms with Gasteiger partial charge in [0.05, 0.1) is 6.42 Å². The van der Waals surface area contributed by atoms with E-state index in [0.29, 0.717) is 11.5 Å². The predicted molar refractivity (Wildman–Crippen MR) is 158 cm³/mol. The smallest absolute Gasteiger partial charge is 0.205 e. The minimum Gasteiger partial charge on any atom is -0.205 e. The third-order valence-corrected chi connectivity index (χ3v) is 8.29. The normalized spacial score (nSPS) is 14.0. The van der Waals surface area contributed by atoms with E-state index in [1.165, 1.54) is 43.4 Å². The molecule has 14 heteroatoms. The Bertz CT molecular complexity index is 1260. The zero-order valence-corrected chi connectivity index (χ0v) is 26.7. The van der Waals surface area contributed by atoms with Gasteiger partial charge >= 0.3 is 35.8 Å². The highest BCUT2D eigenvalue weighted by Gasteiger charge is 2.90. The van der Waals surface area contributed by atoms with Gasteiger partial charge in [-0.25, -0.2) is 4.57 Å². The first kappa shape index (κ1) is 41.4. The zero-order valence-electron chi connectivity index (χ0n) is 26.7. The third kappa shape index (κ3) is 9.67. The van der Waals surface area contributed by atoms with Crippen molar-refractivity contribution in [2.24, 2.45) is 0 Å². The maximum atomic E-state index is 14.1. The van der Waals surface area contributed by atoms with E-state index in [9.17, 15) is 57.1 Å². The second kappa shape index (κ2) is 16.7. The van der Waals surface area contributed by atoms with Crippen LogP contribution >= 0.6 is 0 Å². The molecule has 0 bridgehead atoms. The third-order valence-electron chi connectivity index (χ3n) is 8.29. The van der Waals surface area contributed by atoms with Gasteiger partial charge in [0.1, 0.15) is 0 Å². The number of aryl methyl sites for hydroxylation is 1. The average molecular weight is 711 g/mol. The lowest BCUT2D eigenvalue weighted by molar-refractivity contribution is -0.700.